The van der Waals surface area contributed by atoms with Crippen molar-refractivity contribution in [3.05, 3.63) is 65.5 Å². The number of hydrogen-bond donors (Lipinski definition) is 2. The number of ether oxygens (including phenoxy) is 1. The molecule has 0 bridgehead atoms. The average Bonchev–Trinajstić information content (AvgIpc) is 2.54. The molecule has 0 aromatic heterocycles. The predicted molar refractivity (Wildman–Crippen MR) is 86.4 cm³/mol. The number of nitrogens with one attached hydrogen (secondary N) is 1. The van der Waals surface area contributed by atoms with Crippen molar-refractivity contribution in [2.24, 2.45) is 0 Å². The van der Waals surface area contributed by atoms with E-state index in [2.05, 4.69) is 5.32 Å². The fourth-order valence-corrected chi connectivity index (χ4v) is 2.28. The van der Waals surface area contributed by atoms with Gasteiger partial charge in [0.25, 0.3) is 0 Å². The Morgan fingerprint density at radius 3 is 2.46 bits per heavy atom. The molecule has 0 heterocycles. The topological polar surface area (TPSA) is 75.6 Å². The van der Waals surface area contributed by atoms with Crippen LogP contribution in [-0.2, 0) is 22.4 Å². The Hall–Kier alpha value is -2.89. The summed E-state index contributed by atoms with van der Waals surface area (Å²) >= 11 is 0. The van der Waals surface area contributed by atoms with Gasteiger partial charge in [-0.25, -0.2) is 9.18 Å². The van der Waals surface area contributed by atoms with Crippen molar-refractivity contribution in [3.8, 4) is 5.75 Å². The molecule has 0 spiro atoms. The minimum absolute atomic E-state index is 0.0792. The third kappa shape index (κ3) is 5.08. The molecule has 0 aliphatic carbocycles. The first-order valence-electron chi connectivity index (χ1n) is 7.37. The fraction of sp³-hybridized carbons (Fsp3) is 0.222. The quantitative estimate of drug-likeness (QED) is 0.815. The van der Waals surface area contributed by atoms with E-state index in [-0.39, 0.29) is 12.8 Å². The van der Waals surface area contributed by atoms with Crippen molar-refractivity contribution in [2.45, 2.75) is 18.9 Å². The molecule has 0 radical (unpaired) electrons. The van der Waals surface area contributed by atoms with E-state index in [1.807, 2.05) is 0 Å². The van der Waals surface area contributed by atoms with E-state index in [1.54, 1.807) is 37.4 Å². The van der Waals surface area contributed by atoms with Crippen LogP contribution in [0.1, 0.15) is 11.1 Å². The second-order valence-corrected chi connectivity index (χ2v) is 5.32. The average molecular weight is 331 g/mol. The molecule has 0 saturated heterocycles. The standard InChI is InChI=1S/C18H18FNO4/c1-24-15-7-5-12(6-8-15)10-16(18(22)23)20-17(21)11-13-3-2-4-14(19)9-13/h2-9,16H,10-11H2,1H3,(H,20,21)(H,22,23)/t16-/m1/s1. The van der Waals surface area contributed by atoms with Crippen LogP contribution in [0, 0.1) is 5.82 Å². The first-order valence-corrected chi connectivity index (χ1v) is 7.37. The van der Waals surface area contributed by atoms with Crippen LogP contribution in [0.3, 0.4) is 0 Å². The van der Waals surface area contributed by atoms with Crippen molar-refractivity contribution in [1.29, 1.82) is 0 Å². The minimum Gasteiger partial charge on any atom is -0.497 e. The fourth-order valence-electron chi connectivity index (χ4n) is 2.28. The molecular formula is C18H18FNO4. The van der Waals surface area contributed by atoms with E-state index in [4.69, 9.17) is 4.74 Å². The number of hydrogen-bond acceptors (Lipinski definition) is 3. The van der Waals surface area contributed by atoms with Gasteiger partial charge in [-0.15, -0.1) is 0 Å². The molecule has 0 aliphatic rings. The summed E-state index contributed by atoms with van der Waals surface area (Å²) in [6.45, 7) is 0. The summed E-state index contributed by atoms with van der Waals surface area (Å²) in [5.41, 5.74) is 1.25. The van der Waals surface area contributed by atoms with Gasteiger partial charge < -0.3 is 15.2 Å². The lowest BCUT2D eigenvalue weighted by Gasteiger charge is -2.15. The lowest BCUT2D eigenvalue weighted by Crippen LogP contribution is -2.43. The summed E-state index contributed by atoms with van der Waals surface area (Å²) in [4.78, 5) is 23.4. The van der Waals surface area contributed by atoms with Gasteiger partial charge in [-0.05, 0) is 35.4 Å². The smallest absolute Gasteiger partial charge is 0.326 e. The summed E-state index contributed by atoms with van der Waals surface area (Å²) in [6.07, 6.45) is 0.0678. The highest BCUT2D eigenvalue weighted by atomic mass is 19.1. The lowest BCUT2D eigenvalue weighted by molar-refractivity contribution is -0.141. The van der Waals surface area contributed by atoms with Crippen LogP contribution in [0.25, 0.3) is 0 Å². The number of carboxylic acid groups (broad SMARTS) is 1. The minimum atomic E-state index is -1.13. The Balaban J connectivity index is 1.99. The molecule has 1 amide bonds. The van der Waals surface area contributed by atoms with Gasteiger partial charge in [0.1, 0.15) is 17.6 Å². The number of methoxy groups -OCH3 is 1. The number of amides is 1. The van der Waals surface area contributed by atoms with Crippen molar-refractivity contribution in [2.75, 3.05) is 7.11 Å². The molecule has 0 aliphatic heterocycles. The van der Waals surface area contributed by atoms with Gasteiger partial charge >= 0.3 is 5.97 Å². The molecule has 24 heavy (non-hydrogen) atoms. The zero-order valence-electron chi connectivity index (χ0n) is 13.2. The van der Waals surface area contributed by atoms with Crippen LogP contribution in [0.5, 0.6) is 5.75 Å². The molecule has 2 aromatic carbocycles. The van der Waals surface area contributed by atoms with E-state index in [1.165, 1.54) is 18.2 Å². The van der Waals surface area contributed by atoms with Crippen molar-refractivity contribution < 1.29 is 23.8 Å². The number of benzene rings is 2. The highest BCUT2D eigenvalue weighted by Crippen LogP contribution is 2.13. The highest BCUT2D eigenvalue weighted by molar-refractivity contribution is 5.85. The van der Waals surface area contributed by atoms with Crippen molar-refractivity contribution in [3.63, 3.8) is 0 Å². The monoisotopic (exact) mass is 331 g/mol. The molecule has 126 valence electrons. The SMILES string of the molecule is COc1ccc(C[C@@H](NC(=O)Cc2cccc(F)c2)C(=O)O)cc1. The molecular weight excluding hydrogens is 313 g/mol. The summed E-state index contributed by atoms with van der Waals surface area (Å²) in [5.74, 6) is -1.37. The molecule has 5 nitrogen and oxygen atoms in total. The van der Waals surface area contributed by atoms with Crippen LogP contribution in [0.4, 0.5) is 4.39 Å². The number of carboxylic acids is 1. The van der Waals surface area contributed by atoms with Crippen LogP contribution >= 0.6 is 0 Å². The summed E-state index contributed by atoms with van der Waals surface area (Å²) < 4.78 is 18.2. The second kappa shape index (κ2) is 8.10. The van der Waals surface area contributed by atoms with Gasteiger partial charge in [0, 0.05) is 6.42 Å². The predicted octanol–water partition coefficient (Wildman–Crippen LogP) is 2.19. The lowest BCUT2D eigenvalue weighted by atomic mass is 10.0. The number of carbonyl (C=O) groups excluding carboxylic acids is 1. The third-order valence-corrected chi connectivity index (χ3v) is 3.49. The Morgan fingerprint density at radius 2 is 1.88 bits per heavy atom. The van der Waals surface area contributed by atoms with Crippen LogP contribution in [-0.4, -0.2) is 30.1 Å². The zero-order valence-corrected chi connectivity index (χ0v) is 13.2. The van der Waals surface area contributed by atoms with E-state index < -0.39 is 23.7 Å². The molecule has 2 N–H and O–H groups in total. The Kier molecular flexibility index (Phi) is 5.89. The molecule has 2 rings (SSSR count). The van der Waals surface area contributed by atoms with Crippen LogP contribution in [0.2, 0.25) is 0 Å². The first kappa shape index (κ1) is 17.5. The molecule has 0 unspecified atom stereocenters. The molecule has 1 atom stereocenters. The van der Waals surface area contributed by atoms with Gasteiger partial charge in [-0.1, -0.05) is 24.3 Å². The number of aliphatic carboxylic acids is 1. The summed E-state index contributed by atoms with van der Waals surface area (Å²) in [7, 11) is 1.54. The molecule has 0 fully saturated rings. The summed E-state index contributed by atoms with van der Waals surface area (Å²) in [6, 6.07) is 11.5. The highest BCUT2D eigenvalue weighted by Gasteiger charge is 2.20. The van der Waals surface area contributed by atoms with Gasteiger partial charge in [-0.3, -0.25) is 4.79 Å². The third-order valence-electron chi connectivity index (χ3n) is 3.49. The van der Waals surface area contributed by atoms with Gasteiger partial charge in [-0.2, -0.15) is 0 Å². The van der Waals surface area contributed by atoms with Crippen LogP contribution < -0.4 is 10.1 Å². The van der Waals surface area contributed by atoms with E-state index in [0.717, 1.165) is 5.56 Å². The molecule has 6 heteroatoms. The normalized spacial score (nSPS) is 11.6. The largest absolute Gasteiger partial charge is 0.497 e. The maximum atomic E-state index is 13.1. The maximum absolute atomic E-state index is 13.1. The number of carbonyl (C=O) groups is 2. The number of halogens is 1. The van der Waals surface area contributed by atoms with E-state index in [9.17, 15) is 19.1 Å². The summed E-state index contributed by atoms with van der Waals surface area (Å²) in [5, 5.41) is 11.8. The van der Waals surface area contributed by atoms with Gasteiger partial charge in [0.2, 0.25) is 5.91 Å². The zero-order chi connectivity index (χ0) is 17.5. The second-order valence-electron chi connectivity index (χ2n) is 5.32. The van der Waals surface area contributed by atoms with Gasteiger partial charge in [0.15, 0.2) is 0 Å². The van der Waals surface area contributed by atoms with Gasteiger partial charge in [0.05, 0.1) is 13.5 Å². The van der Waals surface area contributed by atoms with E-state index >= 15 is 0 Å². The molecule has 2 aromatic rings. The maximum Gasteiger partial charge on any atom is 0.326 e. The van der Waals surface area contributed by atoms with Crippen molar-refractivity contribution >= 4 is 11.9 Å². The Labute approximate surface area is 139 Å². The molecule has 0 saturated carbocycles. The Bertz CT molecular complexity index is 715. The Morgan fingerprint density at radius 1 is 1.17 bits per heavy atom. The van der Waals surface area contributed by atoms with Crippen molar-refractivity contribution in [1.82, 2.24) is 5.32 Å². The van der Waals surface area contributed by atoms with Crippen LogP contribution in [0.15, 0.2) is 48.5 Å². The number of rotatable bonds is 7. The van der Waals surface area contributed by atoms with E-state index in [0.29, 0.717) is 11.3 Å². The first-order chi connectivity index (χ1) is 11.5.